The molecule has 0 N–H and O–H groups in total. The third-order valence-electron chi connectivity index (χ3n) is 0.339. The molecule has 0 fully saturated rings. The second kappa shape index (κ2) is 4.66. The predicted molar refractivity (Wildman–Crippen MR) is 33.3 cm³/mol. The van der Waals surface area contributed by atoms with Gasteiger partial charge in [-0.05, 0) is 0 Å². The predicted octanol–water partition coefficient (Wildman–Crippen LogP) is 1.43. The quantitative estimate of drug-likeness (QED) is 0.550. The summed E-state index contributed by atoms with van der Waals surface area (Å²) in [6.45, 7) is 0. The highest BCUT2D eigenvalue weighted by molar-refractivity contribution is 7.89. The first-order chi connectivity index (χ1) is 3.81. The van der Waals surface area contributed by atoms with Gasteiger partial charge in [-0.25, -0.2) is 0 Å². The number of rotatable bonds is 2. The molecule has 0 rings (SSSR count). The molecule has 2 atom stereocenters. The molecule has 40 valence electrons. The lowest BCUT2D eigenvalue weighted by Crippen LogP contribution is -1.63. The molecule has 0 bridgehead atoms. The normalized spacial score (nSPS) is 9.75. The van der Waals surface area contributed by atoms with Crippen LogP contribution in [0.2, 0.25) is 0 Å². The Balaban J connectivity index is 3.41. The Kier molecular flexibility index (Phi) is 4.38. The number of nitriles is 2. The Labute approximate surface area is 50.2 Å². The maximum atomic E-state index is 10.2. The van der Waals surface area contributed by atoms with Crippen LogP contribution in [-0.4, -0.2) is 5.27 Å². The van der Waals surface area contributed by atoms with Crippen LogP contribution in [-0.2, 0) is 0 Å². The zero-order chi connectivity index (χ0) is 6.41. The van der Waals surface area contributed by atoms with Crippen molar-refractivity contribution in [2.45, 2.75) is 0 Å². The lowest BCUT2D eigenvalue weighted by atomic mass is 11.7. The number of carbonyl (C=O) groups is 1. The second-order valence-electron chi connectivity index (χ2n) is 0.803. The number of carbonyl (C=O) groups excluding carboxylic acids is 1. The zero-order valence-corrected chi connectivity index (χ0v) is 5.80. The molecule has 0 heterocycles. The maximum absolute atomic E-state index is 10.2. The minimum atomic E-state index is -0.348. The van der Waals surface area contributed by atoms with Crippen molar-refractivity contribution < 1.29 is 4.79 Å². The maximum Gasteiger partial charge on any atom is 0.198 e. The van der Waals surface area contributed by atoms with Crippen molar-refractivity contribution in [1.82, 2.24) is 0 Å². The molecule has 3 nitrogen and oxygen atoms in total. The Bertz CT molecular complexity index is 147. The van der Waals surface area contributed by atoms with Gasteiger partial charge in [0.15, 0.2) is 5.27 Å². The van der Waals surface area contributed by atoms with Gasteiger partial charge in [-0.3, -0.25) is 4.79 Å². The van der Waals surface area contributed by atoms with E-state index in [0.29, 0.717) is 0 Å². The van der Waals surface area contributed by atoms with Gasteiger partial charge < -0.3 is 0 Å². The standard InChI is InChI=1S/C3H2N2OP2/c4-1-7-3(6)8-2-5/h7-8H. The summed E-state index contributed by atoms with van der Waals surface area (Å²) in [6, 6.07) is 0. The van der Waals surface area contributed by atoms with Crippen molar-refractivity contribution in [3.05, 3.63) is 0 Å². The van der Waals surface area contributed by atoms with Crippen LogP contribution < -0.4 is 0 Å². The molecule has 0 saturated heterocycles. The van der Waals surface area contributed by atoms with E-state index in [9.17, 15) is 4.79 Å². The van der Waals surface area contributed by atoms with E-state index < -0.39 is 0 Å². The van der Waals surface area contributed by atoms with Gasteiger partial charge >= 0.3 is 0 Å². The van der Waals surface area contributed by atoms with E-state index in [1.54, 1.807) is 11.6 Å². The van der Waals surface area contributed by atoms with Crippen molar-refractivity contribution in [3.8, 4) is 11.6 Å². The SMILES string of the molecule is N#CPC(=O)PC#N. The van der Waals surface area contributed by atoms with Crippen molar-refractivity contribution in [2.24, 2.45) is 0 Å². The van der Waals surface area contributed by atoms with E-state index in [4.69, 9.17) is 10.5 Å². The van der Waals surface area contributed by atoms with Gasteiger partial charge in [0.1, 0.15) is 0 Å². The zero-order valence-electron chi connectivity index (χ0n) is 3.80. The average Bonchev–Trinajstić information content (AvgIpc) is 1.68. The average molecular weight is 144 g/mol. The molecule has 0 radical (unpaired) electrons. The lowest BCUT2D eigenvalue weighted by Gasteiger charge is -1.77. The molecule has 0 aliphatic heterocycles. The Morgan fingerprint density at radius 1 is 1.25 bits per heavy atom. The van der Waals surface area contributed by atoms with E-state index in [0.717, 1.165) is 0 Å². The fraction of sp³-hybridized carbons (Fsp3) is 0. The van der Waals surface area contributed by atoms with Gasteiger partial charge in [0.25, 0.3) is 0 Å². The van der Waals surface area contributed by atoms with Crippen molar-refractivity contribution in [2.75, 3.05) is 0 Å². The summed E-state index contributed by atoms with van der Waals surface area (Å²) >= 11 is 0. The molecule has 0 aromatic rings. The van der Waals surface area contributed by atoms with Crippen LogP contribution in [0.15, 0.2) is 0 Å². The molecule has 0 aliphatic carbocycles. The van der Waals surface area contributed by atoms with Crippen LogP contribution in [0.3, 0.4) is 0 Å². The van der Waals surface area contributed by atoms with Crippen LogP contribution in [0.25, 0.3) is 0 Å². The number of hydrogen-bond acceptors (Lipinski definition) is 3. The number of hydrogen-bond donors (Lipinski definition) is 0. The molecule has 0 aliphatic rings. The molecule has 2 unspecified atom stereocenters. The van der Waals surface area contributed by atoms with Gasteiger partial charge in [-0.1, -0.05) is 0 Å². The molecule has 0 saturated carbocycles. The highest BCUT2D eigenvalue weighted by Gasteiger charge is 1.96. The molecular weight excluding hydrogens is 142 g/mol. The molecule has 0 aromatic heterocycles. The first-order valence-electron chi connectivity index (χ1n) is 1.65. The fourth-order valence-electron chi connectivity index (χ4n) is 0.133. The van der Waals surface area contributed by atoms with E-state index in [2.05, 4.69) is 0 Å². The Hall–Kier alpha value is -0.490. The Morgan fingerprint density at radius 2 is 1.62 bits per heavy atom. The van der Waals surface area contributed by atoms with Crippen molar-refractivity contribution in [1.29, 1.82) is 10.5 Å². The summed E-state index contributed by atoms with van der Waals surface area (Å²) in [6.07, 6.45) is 0. The van der Waals surface area contributed by atoms with Gasteiger partial charge in [-0.2, -0.15) is 10.5 Å². The summed E-state index contributed by atoms with van der Waals surface area (Å²) in [5.74, 6) is 3.37. The smallest absolute Gasteiger partial charge is 0.198 e. The molecule has 5 heteroatoms. The van der Waals surface area contributed by atoms with Crippen LogP contribution in [0.5, 0.6) is 0 Å². The minimum absolute atomic E-state index is 0.255. The molecular formula is C3H2N2OP2. The van der Waals surface area contributed by atoms with Crippen molar-refractivity contribution in [3.63, 3.8) is 0 Å². The highest BCUT2D eigenvalue weighted by Crippen LogP contribution is 2.24. The van der Waals surface area contributed by atoms with Gasteiger partial charge in [0, 0.05) is 0 Å². The van der Waals surface area contributed by atoms with Crippen LogP contribution in [0.4, 0.5) is 4.79 Å². The molecule has 0 spiro atoms. The molecule has 0 amide bonds. The van der Waals surface area contributed by atoms with Crippen LogP contribution in [0, 0.1) is 22.1 Å². The third-order valence-corrected chi connectivity index (χ3v) is 1.77. The van der Waals surface area contributed by atoms with Gasteiger partial charge in [-0.15, -0.1) is 0 Å². The summed E-state index contributed by atoms with van der Waals surface area (Å²) in [5, 5.41) is 15.5. The summed E-state index contributed by atoms with van der Waals surface area (Å²) in [7, 11) is -0.696. The lowest BCUT2D eigenvalue weighted by molar-refractivity contribution is 0.276. The van der Waals surface area contributed by atoms with E-state index in [1.165, 1.54) is 0 Å². The highest BCUT2D eigenvalue weighted by atomic mass is 31.1. The van der Waals surface area contributed by atoms with E-state index in [1.807, 2.05) is 0 Å². The third kappa shape index (κ3) is 3.69. The first kappa shape index (κ1) is 7.51. The molecule has 0 aromatic carbocycles. The van der Waals surface area contributed by atoms with Gasteiger partial charge in [0.2, 0.25) is 0 Å². The molecule has 8 heavy (non-hydrogen) atoms. The van der Waals surface area contributed by atoms with E-state index >= 15 is 0 Å². The summed E-state index contributed by atoms with van der Waals surface area (Å²) in [5.41, 5.74) is 0. The Morgan fingerprint density at radius 3 is 1.88 bits per heavy atom. The second-order valence-corrected chi connectivity index (χ2v) is 3.16. The van der Waals surface area contributed by atoms with Crippen LogP contribution >= 0.6 is 17.2 Å². The summed E-state index contributed by atoms with van der Waals surface area (Å²) in [4.78, 5) is 10.2. The number of nitrogens with zero attached hydrogens (tertiary/aromatic N) is 2. The monoisotopic (exact) mass is 144 g/mol. The van der Waals surface area contributed by atoms with Crippen molar-refractivity contribution >= 4 is 22.4 Å². The minimum Gasteiger partial charge on any atom is -0.288 e. The fourth-order valence-corrected chi connectivity index (χ4v) is 0.921. The van der Waals surface area contributed by atoms with Gasteiger partial charge in [0.05, 0.1) is 28.8 Å². The first-order valence-corrected chi connectivity index (χ1v) is 3.65. The topological polar surface area (TPSA) is 64.7 Å². The summed E-state index contributed by atoms with van der Waals surface area (Å²) < 4.78 is 0. The van der Waals surface area contributed by atoms with E-state index in [-0.39, 0.29) is 22.4 Å². The van der Waals surface area contributed by atoms with Crippen LogP contribution in [0.1, 0.15) is 0 Å². The largest absolute Gasteiger partial charge is 0.288 e.